The highest BCUT2D eigenvalue weighted by Crippen LogP contribution is 2.35. The number of aromatic carboxylic acids is 1. The van der Waals surface area contributed by atoms with Crippen molar-refractivity contribution < 1.29 is 19.3 Å². The topological polar surface area (TPSA) is 87.5 Å². The van der Waals surface area contributed by atoms with E-state index in [0.717, 1.165) is 17.0 Å². The Labute approximate surface area is 145 Å². The van der Waals surface area contributed by atoms with Crippen molar-refractivity contribution in [3.63, 3.8) is 0 Å². The van der Waals surface area contributed by atoms with E-state index in [0.29, 0.717) is 6.54 Å². The number of carbonyl (C=O) groups excluding carboxylic acids is 1. The van der Waals surface area contributed by atoms with Crippen LogP contribution in [0, 0.1) is 0 Å². The van der Waals surface area contributed by atoms with Crippen molar-refractivity contribution in [1.82, 2.24) is 4.90 Å². The molecular weight excluding hydrogens is 326 g/mol. The van der Waals surface area contributed by atoms with Gasteiger partial charge in [0.05, 0.1) is 5.56 Å². The first kappa shape index (κ1) is 17.0. The van der Waals surface area contributed by atoms with E-state index in [4.69, 9.17) is 5.73 Å². The van der Waals surface area contributed by atoms with E-state index >= 15 is 0 Å². The minimum atomic E-state index is -0.928. The number of thioether (sulfide) groups is 1. The molecule has 1 aromatic rings. The SMILES string of the molecule is CC(C)(C)c1cc(C(=O)O)cc[n+]1CC1=CN2C(=O)[C@@H](N)[C@@H]2SC1. The fourth-order valence-electron chi connectivity index (χ4n) is 3.01. The van der Waals surface area contributed by atoms with E-state index in [9.17, 15) is 14.7 Å². The second-order valence-electron chi connectivity index (χ2n) is 7.24. The largest absolute Gasteiger partial charge is 0.478 e. The molecule has 0 unspecified atom stereocenters. The highest BCUT2D eigenvalue weighted by atomic mass is 32.2. The molecule has 2 atom stereocenters. The number of rotatable bonds is 3. The van der Waals surface area contributed by atoms with Gasteiger partial charge in [-0.3, -0.25) is 4.79 Å². The van der Waals surface area contributed by atoms with Crippen molar-refractivity contribution >= 4 is 23.6 Å². The second-order valence-corrected chi connectivity index (χ2v) is 8.35. The smallest absolute Gasteiger partial charge is 0.336 e. The standard InChI is InChI=1S/C17H21N3O3S/c1-17(2,3)12-6-11(16(22)23)4-5-19(12)7-10-8-20-14(21)13(18)15(20)24-9-10/h4-6,8,13,15H,7,9,18H2,1-3H3/p+1/t13-,15+/m1/s1. The third-order valence-corrected chi connectivity index (χ3v) is 5.71. The molecule has 1 saturated heterocycles. The van der Waals surface area contributed by atoms with Crippen LogP contribution in [0.15, 0.2) is 30.1 Å². The van der Waals surface area contributed by atoms with Gasteiger partial charge in [-0.25, -0.2) is 4.79 Å². The summed E-state index contributed by atoms with van der Waals surface area (Å²) in [5, 5.41) is 9.29. The molecule has 128 valence electrons. The van der Waals surface area contributed by atoms with E-state index < -0.39 is 5.97 Å². The zero-order valence-corrected chi connectivity index (χ0v) is 14.8. The zero-order valence-electron chi connectivity index (χ0n) is 14.0. The fourth-order valence-corrected chi connectivity index (χ4v) is 4.21. The molecule has 0 aromatic carbocycles. The maximum Gasteiger partial charge on any atom is 0.336 e. The van der Waals surface area contributed by atoms with Crippen molar-refractivity contribution in [2.75, 3.05) is 5.75 Å². The number of carbonyl (C=O) groups is 2. The Hall–Kier alpha value is -1.86. The molecule has 3 N–H and O–H groups in total. The maximum absolute atomic E-state index is 11.8. The highest BCUT2D eigenvalue weighted by Gasteiger charge is 2.46. The zero-order chi connectivity index (χ0) is 17.6. The number of fused-ring (bicyclic) bond motifs is 1. The Kier molecular flexibility index (Phi) is 4.17. The molecule has 0 radical (unpaired) electrons. The average molecular weight is 348 g/mol. The van der Waals surface area contributed by atoms with Gasteiger partial charge in [0.15, 0.2) is 18.4 Å². The first-order chi connectivity index (χ1) is 11.2. The molecule has 3 heterocycles. The number of amides is 1. The predicted molar refractivity (Wildman–Crippen MR) is 91.4 cm³/mol. The minimum Gasteiger partial charge on any atom is -0.478 e. The molecule has 2 aliphatic heterocycles. The molecule has 0 saturated carbocycles. The van der Waals surface area contributed by atoms with E-state index in [-0.39, 0.29) is 28.3 Å². The Morgan fingerprint density at radius 1 is 1.50 bits per heavy atom. The molecule has 24 heavy (non-hydrogen) atoms. The summed E-state index contributed by atoms with van der Waals surface area (Å²) >= 11 is 1.68. The van der Waals surface area contributed by atoms with E-state index in [1.807, 2.05) is 12.4 Å². The molecule has 2 aliphatic rings. The van der Waals surface area contributed by atoms with Crippen molar-refractivity contribution in [2.24, 2.45) is 5.73 Å². The molecule has 6 nitrogen and oxygen atoms in total. The van der Waals surface area contributed by atoms with Crippen LogP contribution >= 0.6 is 11.8 Å². The minimum absolute atomic E-state index is 0.0352. The van der Waals surface area contributed by atoms with Crippen molar-refractivity contribution in [2.45, 2.75) is 44.1 Å². The van der Waals surface area contributed by atoms with Crippen LogP contribution in [0.3, 0.4) is 0 Å². The fraction of sp³-hybridized carbons (Fsp3) is 0.471. The average Bonchev–Trinajstić information content (AvgIpc) is 2.53. The molecule has 0 spiro atoms. The Morgan fingerprint density at radius 2 is 2.21 bits per heavy atom. The molecule has 1 fully saturated rings. The van der Waals surface area contributed by atoms with E-state index in [1.165, 1.54) is 0 Å². The van der Waals surface area contributed by atoms with Crippen molar-refractivity contribution in [3.05, 3.63) is 41.4 Å². The number of aromatic nitrogens is 1. The number of carboxylic acid groups (broad SMARTS) is 1. The number of nitrogens with zero attached hydrogens (tertiary/aromatic N) is 2. The molecule has 0 bridgehead atoms. The van der Waals surface area contributed by atoms with Crippen LogP contribution in [0.1, 0.15) is 36.8 Å². The molecule has 3 rings (SSSR count). The molecule has 1 aromatic heterocycles. The number of nitrogens with two attached hydrogens (primary N) is 1. The summed E-state index contributed by atoms with van der Waals surface area (Å²) in [5.41, 5.74) is 7.96. The number of hydrogen-bond acceptors (Lipinski definition) is 4. The highest BCUT2D eigenvalue weighted by molar-refractivity contribution is 8.00. The van der Waals surface area contributed by atoms with Crippen LogP contribution in [0.4, 0.5) is 0 Å². The van der Waals surface area contributed by atoms with Crippen LogP contribution in [-0.4, -0.2) is 39.1 Å². The van der Waals surface area contributed by atoms with Gasteiger partial charge in [-0.2, -0.15) is 4.57 Å². The lowest BCUT2D eigenvalue weighted by Gasteiger charge is -2.45. The number of hydrogen-bond donors (Lipinski definition) is 2. The van der Waals surface area contributed by atoms with Gasteiger partial charge in [0.1, 0.15) is 11.4 Å². The van der Waals surface area contributed by atoms with Crippen molar-refractivity contribution in [3.8, 4) is 0 Å². The summed E-state index contributed by atoms with van der Waals surface area (Å²) in [4.78, 5) is 24.8. The number of pyridine rings is 1. The first-order valence-electron chi connectivity index (χ1n) is 7.84. The summed E-state index contributed by atoms with van der Waals surface area (Å²) in [5.74, 6) is -0.144. The van der Waals surface area contributed by atoms with Crippen LogP contribution in [0.25, 0.3) is 0 Å². The van der Waals surface area contributed by atoms with Gasteiger partial charge in [0.25, 0.3) is 0 Å². The Bertz CT molecular complexity index is 739. The monoisotopic (exact) mass is 348 g/mol. The third-order valence-electron chi connectivity index (χ3n) is 4.31. The van der Waals surface area contributed by atoms with Crippen LogP contribution in [0.2, 0.25) is 0 Å². The molecule has 1 amide bonds. The first-order valence-corrected chi connectivity index (χ1v) is 8.89. The number of carboxylic acids is 1. The van der Waals surface area contributed by atoms with Crippen molar-refractivity contribution in [1.29, 1.82) is 0 Å². The van der Waals surface area contributed by atoms with Gasteiger partial charge in [-0.1, -0.05) is 20.8 Å². The Balaban J connectivity index is 1.89. The van der Waals surface area contributed by atoms with Gasteiger partial charge in [-0.15, -0.1) is 11.8 Å². The Morgan fingerprint density at radius 3 is 2.83 bits per heavy atom. The van der Waals surface area contributed by atoms with Gasteiger partial charge in [0, 0.05) is 35.1 Å². The summed E-state index contributed by atoms with van der Waals surface area (Å²) in [6.45, 7) is 6.80. The van der Waals surface area contributed by atoms with Gasteiger partial charge in [-0.05, 0) is 0 Å². The van der Waals surface area contributed by atoms with Crippen LogP contribution in [-0.2, 0) is 16.8 Å². The molecule has 0 aliphatic carbocycles. The second kappa shape index (κ2) is 5.89. The summed E-state index contributed by atoms with van der Waals surface area (Å²) < 4.78 is 2.06. The van der Waals surface area contributed by atoms with E-state index in [1.54, 1.807) is 28.8 Å². The summed E-state index contributed by atoms with van der Waals surface area (Å²) in [6.07, 6.45) is 3.71. The lowest BCUT2D eigenvalue weighted by Crippen LogP contribution is -2.66. The van der Waals surface area contributed by atoms with Crippen LogP contribution < -0.4 is 10.3 Å². The third kappa shape index (κ3) is 2.93. The van der Waals surface area contributed by atoms with E-state index in [2.05, 4.69) is 25.3 Å². The lowest BCUT2D eigenvalue weighted by molar-refractivity contribution is -0.699. The van der Waals surface area contributed by atoms with Crippen LogP contribution in [0.5, 0.6) is 0 Å². The van der Waals surface area contributed by atoms with Gasteiger partial charge >= 0.3 is 5.97 Å². The molecular formula is C17H22N3O3S+. The molecule has 7 heteroatoms. The predicted octanol–water partition coefficient (Wildman–Crippen LogP) is 1.10. The van der Waals surface area contributed by atoms with Gasteiger partial charge in [0.2, 0.25) is 5.91 Å². The maximum atomic E-state index is 11.8. The summed E-state index contributed by atoms with van der Waals surface area (Å²) in [6, 6.07) is 2.95. The normalized spacial score (nSPS) is 23.4. The van der Waals surface area contributed by atoms with Gasteiger partial charge < -0.3 is 15.7 Å². The number of β-lactam (4-membered cyclic amide) rings is 1. The summed E-state index contributed by atoms with van der Waals surface area (Å²) in [7, 11) is 0. The quantitative estimate of drug-likeness (QED) is 0.631. The lowest BCUT2D eigenvalue weighted by atomic mass is 9.90.